The van der Waals surface area contributed by atoms with E-state index in [1.165, 1.54) is 25.7 Å². The molecule has 0 heterocycles. The molecule has 40 heavy (non-hydrogen) atoms. The molecule has 0 amide bonds. The van der Waals surface area contributed by atoms with E-state index in [2.05, 4.69) is 13.8 Å². The zero-order valence-electron chi connectivity index (χ0n) is 28.1. The zero-order valence-corrected chi connectivity index (χ0v) is 30.1. The molecule has 0 aliphatic carbocycles. The summed E-state index contributed by atoms with van der Waals surface area (Å²) < 4.78 is 38.9. The van der Waals surface area contributed by atoms with Gasteiger partial charge in [0.1, 0.15) is 0 Å². The fraction of sp³-hybridized carbons (Fsp3) is 0.968. The number of hydrogen-bond donors (Lipinski definition) is 0. The van der Waals surface area contributed by atoms with E-state index >= 15 is 4.79 Å². The van der Waals surface area contributed by atoms with Crippen LogP contribution in [-0.4, -0.2) is 63.0 Å². The minimum atomic E-state index is -3.49. The molecule has 0 rings (SSSR count). The van der Waals surface area contributed by atoms with E-state index in [-0.39, 0.29) is 5.78 Å². The van der Waals surface area contributed by atoms with E-state index in [0.29, 0.717) is 52.5 Å². The van der Waals surface area contributed by atoms with Crippen molar-refractivity contribution in [3.8, 4) is 0 Å². The highest BCUT2D eigenvalue weighted by Crippen LogP contribution is 2.57. The van der Waals surface area contributed by atoms with Crippen molar-refractivity contribution >= 4 is 23.4 Å². The van der Waals surface area contributed by atoms with Crippen LogP contribution in [0.4, 0.5) is 0 Å². The summed E-state index contributed by atoms with van der Waals surface area (Å²) in [6.07, 6.45) is 12.3. The molecule has 0 N–H and O–H groups in total. The fourth-order valence-electron chi connectivity index (χ4n) is 5.93. The summed E-state index contributed by atoms with van der Waals surface area (Å²) in [5, 5.41) is -1.94. The lowest BCUT2D eigenvalue weighted by Gasteiger charge is -2.49. The lowest BCUT2D eigenvalue weighted by Crippen LogP contribution is -2.65. The number of ketones is 1. The van der Waals surface area contributed by atoms with Gasteiger partial charge >= 0.3 is 17.6 Å². The average Bonchev–Trinajstić information content (AvgIpc) is 2.92. The monoisotopic (exact) mass is 606 g/mol. The minimum absolute atomic E-state index is 0.0648. The van der Waals surface area contributed by atoms with Gasteiger partial charge in [0.25, 0.3) is 0 Å². The van der Waals surface area contributed by atoms with E-state index in [1.54, 1.807) is 0 Å². The largest absolute Gasteiger partial charge is 0.514 e. The predicted molar refractivity (Wildman–Crippen MR) is 170 cm³/mol. The maximum absolute atomic E-state index is 15.5. The van der Waals surface area contributed by atoms with Gasteiger partial charge in [-0.05, 0) is 68.2 Å². The molecule has 2 unspecified atom stereocenters. The van der Waals surface area contributed by atoms with Gasteiger partial charge in [-0.25, -0.2) is 0 Å². The van der Waals surface area contributed by atoms with Gasteiger partial charge in [-0.1, -0.05) is 78.1 Å². The van der Waals surface area contributed by atoms with Crippen molar-refractivity contribution in [2.45, 2.75) is 156 Å². The van der Waals surface area contributed by atoms with Crippen molar-refractivity contribution in [1.29, 1.82) is 0 Å². The molecule has 2 atom stereocenters. The normalized spacial score (nSPS) is 15.7. The number of Topliss-reactive ketones (excluding diaryl/α,β-unsaturated/α-hetero) is 1. The van der Waals surface area contributed by atoms with Gasteiger partial charge in [-0.3, -0.25) is 4.79 Å². The maximum Gasteiger partial charge on any atom is 0.514 e. The van der Waals surface area contributed by atoms with Crippen LogP contribution < -0.4 is 0 Å². The second-order valence-corrected chi connectivity index (χ2v) is 17.2. The van der Waals surface area contributed by atoms with E-state index in [9.17, 15) is 0 Å². The van der Waals surface area contributed by atoms with Gasteiger partial charge in [-0.15, -0.1) is 0 Å². The predicted octanol–water partition coefficient (Wildman–Crippen LogP) is 8.89. The zero-order chi connectivity index (χ0) is 30.5. The first-order chi connectivity index (χ1) is 19.1. The van der Waals surface area contributed by atoms with Crippen LogP contribution in [0.1, 0.15) is 146 Å². The van der Waals surface area contributed by atoms with E-state index in [1.807, 2.05) is 55.4 Å². The van der Waals surface area contributed by atoms with Gasteiger partial charge in [0.2, 0.25) is 0 Å². The Morgan fingerprint density at radius 2 is 0.700 bits per heavy atom. The number of carbonyl (C=O) groups excluding carboxylic acids is 1. The average molecular weight is 607 g/mol. The Hall–Kier alpha value is -0.136. The summed E-state index contributed by atoms with van der Waals surface area (Å²) in [4.78, 5) is 15.5. The lowest BCUT2D eigenvalue weighted by atomic mass is 9.86. The van der Waals surface area contributed by atoms with Crippen molar-refractivity contribution in [3.63, 3.8) is 0 Å². The minimum Gasteiger partial charge on any atom is -0.373 e. The quantitative estimate of drug-likeness (QED) is 0.0650. The van der Waals surface area contributed by atoms with Crippen LogP contribution in [0.15, 0.2) is 0 Å². The number of unbranched alkanes of at least 4 members (excludes halogenated alkanes) is 8. The standard InChI is InChI=1S/C31H66O7Si2/c1-11-19-21-23-25-27-30(9,39(33-13-3,34-14-4)35-15-5)29(32)31(10,28-26-24-22-20-12-2)40(36-16-6,37-17-7)38-18-8/h11-28H2,1-10H3. The summed E-state index contributed by atoms with van der Waals surface area (Å²) in [5.41, 5.74) is 0. The van der Waals surface area contributed by atoms with Crippen molar-refractivity contribution in [1.82, 2.24) is 0 Å². The molecule has 0 aliphatic heterocycles. The fourth-order valence-corrected chi connectivity index (χ4v) is 12.8. The van der Waals surface area contributed by atoms with Crippen LogP contribution in [-0.2, 0) is 31.4 Å². The highest BCUT2D eigenvalue weighted by atomic mass is 28.4. The Labute approximate surface area is 250 Å². The molecule has 0 aliphatic rings. The summed E-state index contributed by atoms with van der Waals surface area (Å²) in [7, 11) is -6.98. The molecule has 0 saturated carbocycles. The van der Waals surface area contributed by atoms with Crippen LogP contribution in [0.5, 0.6) is 0 Å². The summed E-state index contributed by atoms with van der Waals surface area (Å²) in [6, 6.07) is 0. The Morgan fingerprint density at radius 3 is 0.925 bits per heavy atom. The molecular weight excluding hydrogens is 541 g/mol. The molecule has 7 nitrogen and oxygen atoms in total. The third-order valence-electron chi connectivity index (χ3n) is 7.92. The van der Waals surface area contributed by atoms with Crippen LogP contribution >= 0.6 is 0 Å². The molecule has 0 saturated heterocycles. The van der Waals surface area contributed by atoms with E-state index in [4.69, 9.17) is 26.6 Å². The number of carbonyl (C=O) groups is 1. The van der Waals surface area contributed by atoms with Crippen LogP contribution in [0.2, 0.25) is 10.1 Å². The molecular formula is C31H66O7Si2. The topological polar surface area (TPSA) is 72.5 Å². The van der Waals surface area contributed by atoms with Gasteiger partial charge in [0.05, 0.1) is 10.1 Å². The first-order valence-electron chi connectivity index (χ1n) is 16.5. The Bertz CT molecular complexity index is 565. The van der Waals surface area contributed by atoms with Gasteiger partial charge in [0.15, 0.2) is 5.78 Å². The molecule has 0 aromatic carbocycles. The van der Waals surface area contributed by atoms with Crippen molar-refractivity contribution in [3.05, 3.63) is 0 Å². The third-order valence-corrected chi connectivity index (χ3v) is 15.6. The second kappa shape index (κ2) is 21.5. The molecule has 0 aromatic heterocycles. The molecule has 9 heteroatoms. The van der Waals surface area contributed by atoms with E-state index < -0.39 is 27.7 Å². The second-order valence-electron chi connectivity index (χ2n) is 11.0. The smallest absolute Gasteiger partial charge is 0.373 e. The number of rotatable bonds is 28. The first kappa shape index (κ1) is 39.9. The molecule has 0 aromatic rings. The van der Waals surface area contributed by atoms with Crippen LogP contribution in [0, 0.1) is 0 Å². The molecule has 0 spiro atoms. The SMILES string of the molecule is CCCCCCCC(C)(C(=O)C(C)(CCCCCCC)[Si](OCC)(OCC)OCC)[Si](OCC)(OCC)OCC. The maximum atomic E-state index is 15.5. The molecule has 0 fully saturated rings. The summed E-state index contributed by atoms with van der Waals surface area (Å²) >= 11 is 0. The Morgan fingerprint density at radius 1 is 0.450 bits per heavy atom. The Kier molecular flexibility index (Phi) is 21.5. The van der Waals surface area contributed by atoms with Gasteiger partial charge < -0.3 is 26.6 Å². The first-order valence-corrected chi connectivity index (χ1v) is 20.0. The molecule has 0 radical (unpaired) electrons. The lowest BCUT2D eigenvalue weighted by molar-refractivity contribution is -0.130. The highest BCUT2D eigenvalue weighted by molar-refractivity contribution is 6.74. The van der Waals surface area contributed by atoms with Gasteiger partial charge in [-0.2, -0.15) is 0 Å². The number of hydrogen-bond acceptors (Lipinski definition) is 7. The molecule has 240 valence electrons. The Balaban J connectivity index is 7.09. The van der Waals surface area contributed by atoms with Crippen LogP contribution in [0.25, 0.3) is 0 Å². The van der Waals surface area contributed by atoms with Crippen molar-refractivity contribution in [2.24, 2.45) is 0 Å². The van der Waals surface area contributed by atoms with Crippen LogP contribution in [0.3, 0.4) is 0 Å². The van der Waals surface area contributed by atoms with Gasteiger partial charge in [0, 0.05) is 39.6 Å². The summed E-state index contributed by atoms with van der Waals surface area (Å²) in [6.45, 7) is 22.8. The summed E-state index contributed by atoms with van der Waals surface area (Å²) in [5.74, 6) is 0.0648. The van der Waals surface area contributed by atoms with Crippen molar-refractivity contribution in [2.75, 3.05) is 39.6 Å². The van der Waals surface area contributed by atoms with Crippen molar-refractivity contribution < 1.29 is 31.4 Å². The third kappa shape index (κ3) is 10.5. The highest BCUT2D eigenvalue weighted by Gasteiger charge is 2.71. The molecule has 0 bridgehead atoms. The van der Waals surface area contributed by atoms with E-state index in [0.717, 1.165) is 38.5 Å².